The van der Waals surface area contributed by atoms with E-state index in [-0.39, 0.29) is 76.8 Å². The molecule has 1 heterocycles. The molecule has 2 aromatic rings. The molecule has 4 fully saturated rings. The van der Waals surface area contributed by atoms with Crippen molar-refractivity contribution in [2.45, 2.75) is 104 Å². The van der Waals surface area contributed by atoms with Crippen molar-refractivity contribution < 1.29 is 33.4 Å². The molecule has 0 unspecified atom stereocenters. The molecular weight excluding hydrogens is 574 g/mol. The van der Waals surface area contributed by atoms with Gasteiger partial charge in [0.25, 0.3) is 0 Å². The third-order valence-electron chi connectivity index (χ3n) is 12.6. The summed E-state index contributed by atoms with van der Waals surface area (Å²) in [6.07, 6.45) is 4.96. The summed E-state index contributed by atoms with van der Waals surface area (Å²) in [6.45, 7) is 9.50. The Balaban J connectivity index is 1.49. The highest BCUT2D eigenvalue weighted by molar-refractivity contribution is 5.92. The van der Waals surface area contributed by atoms with Crippen LogP contribution in [0.25, 0.3) is 11.0 Å². The van der Waals surface area contributed by atoms with Gasteiger partial charge in [-0.3, -0.25) is 19.2 Å². The Hall–Kier alpha value is -3.30. The van der Waals surface area contributed by atoms with Gasteiger partial charge < -0.3 is 14.2 Å². The van der Waals surface area contributed by atoms with Crippen molar-refractivity contribution >= 4 is 34.7 Å². The maximum atomic E-state index is 15.4. The van der Waals surface area contributed by atoms with E-state index in [0.29, 0.717) is 25.7 Å². The lowest BCUT2D eigenvalue weighted by Crippen LogP contribution is -2.65. The van der Waals surface area contributed by atoms with Crippen molar-refractivity contribution in [3.63, 3.8) is 0 Å². The topological polar surface area (TPSA) is 127 Å². The molecule has 1 aromatic heterocycles. The lowest BCUT2D eigenvalue weighted by molar-refractivity contribution is -0.206. The molecule has 0 spiro atoms. The number of aromatic nitrogens is 3. The molecule has 45 heavy (non-hydrogen) atoms. The van der Waals surface area contributed by atoms with Crippen molar-refractivity contribution in [1.29, 1.82) is 0 Å². The monoisotopic (exact) mass is 621 g/mol. The molecule has 4 aliphatic rings. The SMILES string of the molecule is COC(=O)CC[C@@H](C)[C@H]1CC[C@H]2[C@H]3[C@H]([C@H](n4nnc5ccccc54)C(=O)[C@]12C)[C@@]1(C)CC[C@@H](OC(C)=O)C[C@H]1C[C@H]3OC(C)=O. The fraction of sp³-hybridized carbons (Fsp3) is 0.714. The highest BCUT2D eigenvalue weighted by Gasteiger charge is 2.70. The largest absolute Gasteiger partial charge is 0.469 e. The van der Waals surface area contributed by atoms with Crippen molar-refractivity contribution in [1.82, 2.24) is 15.0 Å². The molecular formula is C35H47N3O7. The average molecular weight is 622 g/mol. The summed E-state index contributed by atoms with van der Waals surface area (Å²) < 4.78 is 18.7. The Bertz CT molecular complexity index is 1490. The van der Waals surface area contributed by atoms with Gasteiger partial charge in [0, 0.05) is 37.5 Å². The van der Waals surface area contributed by atoms with Crippen LogP contribution < -0.4 is 0 Å². The first-order valence-electron chi connectivity index (χ1n) is 16.7. The van der Waals surface area contributed by atoms with Crippen LogP contribution in [0, 0.1) is 46.3 Å². The number of benzene rings is 1. The van der Waals surface area contributed by atoms with E-state index in [0.717, 1.165) is 36.7 Å². The molecule has 244 valence electrons. The van der Waals surface area contributed by atoms with E-state index in [1.165, 1.54) is 21.0 Å². The van der Waals surface area contributed by atoms with Gasteiger partial charge in [0.2, 0.25) is 0 Å². The average Bonchev–Trinajstić information content (AvgIpc) is 3.58. The van der Waals surface area contributed by atoms with E-state index in [1.807, 2.05) is 28.9 Å². The Morgan fingerprint density at radius 1 is 1.04 bits per heavy atom. The van der Waals surface area contributed by atoms with Crippen LogP contribution in [0.2, 0.25) is 0 Å². The molecule has 10 heteroatoms. The molecule has 4 saturated carbocycles. The molecule has 0 aliphatic heterocycles. The maximum absolute atomic E-state index is 15.4. The van der Waals surface area contributed by atoms with Gasteiger partial charge in [-0.2, -0.15) is 0 Å². The van der Waals surface area contributed by atoms with Crippen LogP contribution in [0.15, 0.2) is 24.3 Å². The van der Waals surface area contributed by atoms with Gasteiger partial charge in [0.1, 0.15) is 23.8 Å². The van der Waals surface area contributed by atoms with E-state index in [9.17, 15) is 14.4 Å². The van der Waals surface area contributed by atoms with E-state index < -0.39 is 11.5 Å². The molecule has 0 radical (unpaired) electrons. The zero-order valence-corrected chi connectivity index (χ0v) is 27.4. The summed E-state index contributed by atoms with van der Waals surface area (Å²) >= 11 is 0. The first kappa shape index (κ1) is 31.7. The van der Waals surface area contributed by atoms with E-state index in [4.69, 9.17) is 14.2 Å². The zero-order valence-electron chi connectivity index (χ0n) is 27.4. The van der Waals surface area contributed by atoms with Crippen molar-refractivity contribution in [3.8, 4) is 0 Å². The lowest BCUT2D eigenvalue weighted by atomic mass is 9.42. The number of fused-ring (bicyclic) bond motifs is 6. The fourth-order valence-corrected chi connectivity index (χ4v) is 10.6. The number of carbonyl (C=O) groups excluding carboxylic acids is 4. The highest BCUT2D eigenvalue weighted by atomic mass is 16.5. The van der Waals surface area contributed by atoms with Gasteiger partial charge in [-0.05, 0) is 86.2 Å². The molecule has 0 bridgehead atoms. The number of ether oxygens (including phenoxy) is 3. The van der Waals surface area contributed by atoms with E-state index in [2.05, 4.69) is 31.1 Å². The summed E-state index contributed by atoms with van der Waals surface area (Å²) in [4.78, 5) is 52.1. The normalized spacial score (nSPS) is 38.0. The Labute approximate surface area is 264 Å². The van der Waals surface area contributed by atoms with Crippen LogP contribution in [0.3, 0.4) is 0 Å². The number of methoxy groups -OCH3 is 1. The van der Waals surface area contributed by atoms with E-state index >= 15 is 4.79 Å². The van der Waals surface area contributed by atoms with Crippen LogP contribution in [-0.4, -0.2) is 58.0 Å². The molecule has 10 nitrogen and oxygen atoms in total. The molecule has 0 amide bonds. The summed E-state index contributed by atoms with van der Waals surface area (Å²) in [5.41, 5.74) is 0.566. The molecule has 11 atom stereocenters. The minimum Gasteiger partial charge on any atom is -0.469 e. The number of Topliss-reactive ketones (excluding diaryl/α,β-unsaturated/α-hetero) is 1. The lowest BCUT2D eigenvalue weighted by Gasteiger charge is -2.64. The Morgan fingerprint density at radius 3 is 2.49 bits per heavy atom. The van der Waals surface area contributed by atoms with Crippen LogP contribution in [0.5, 0.6) is 0 Å². The summed E-state index contributed by atoms with van der Waals surface area (Å²) in [7, 11) is 1.41. The van der Waals surface area contributed by atoms with Gasteiger partial charge in [-0.15, -0.1) is 5.10 Å². The summed E-state index contributed by atoms with van der Waals surface area (Å²) in [5.74, 6) is -0.623. The Kier molecular flexibility index (Phi) is 8.31. The second kappa shape index (κ2) is 11.8. The number of esters is 3. The van der Waals surface area contributed by atoms with Crippen LogP contribution in [0.4, 0.5) is 0 Å². The second-order valence-electron chi connectivity index (χ2n) is 14.7. The molecule has 1 aromatic carbocycles. The first-order valence-corrected chi connectivity index (χ1v) is 16.7. The smallest absolute Gasteiger partial charge is 0.305 e. The van der Waals surface area contributed by atoms with Crippen LogP contribution in [-0.2, 0) is 33.4 Å². The molecule has 0 N–H and O–H groups in total. The van der Waals surface area contributed by atoms with Gasteiger partial charge >= 0.3 is 17.9 Å². The van der Waals surface area contributed by atoms with Gasteiger partial charge in [-0.1, -0.05) is 38.1 Å². The van der Waals surface area contributed by atoms with Crippen molar-refractivity contribution in [2.24, 2.45) is 46.3 Å². The fourth-order valence-electron chi connectivity index (χ4n) is 10.6. The van der Waals surface area contributed by atoms with Crippen LogP contribution >= 0.6 is 0 Å². The third-order valence-corrected chi connectivity index (χ3v) is 12.6. The number of hydrogen-bond acceptors (Lipinski definition) is 9. The summed E-state index contributed by atoms with van der Waals surface area (Å²) in [5, 5.41) is 9.15. The standard InChI is InChI=1S/C35H47N3O7/c1-19(11-14-29(41)43-6)24-12-13-25-30-28(45-21(3)40)18-22-17-23(44-20(2)39)15-16-34(22,4)31(30)32(33(42)35(24,25)5)38-27-10-8-7-9-26(27)36-37-38/h7-10,19,22-25,28,30-32H,11-18H2,1-6H3/t19-,22+,23-,24-,25+,28-,30-,31-,32+,34+,35-/m1/s1. The molecule has 0 saturated heterocycles. The third kappa shape index (κ3) is 5.16. The minimum absolute atomic E-state index is 0.0138. The number of rotatable bonds is 7. The van der Waals surface area contributed by atoms with Crippen molar-refractivity contribution in [3.05, 3.63) is 24.3 Å². The van der Waals surface area contributed by atoms with Gasteiger partial charge in [-0.25, -0.2) is 4.68 Å². The summed E-state index contributed by atoms with van der Waals surface area (Å²) in [6, 6.07) is 7.15. The quantitative estimate of drug-likeness (QED) is 0.292. The number of para-hydroxylation sites is 1. The predicted molar refractivity (Wildman–Crippen MR) is 164 cm³/mol. The van der Waals surface area contributed by atoms with Crippen molar-refractivity contribution in [2.75, 3.05) is 7.11 Å². The molecule has 4 aliphatic carbocycles. The maximum Gasteiger partial charge on any atom is 0.305 e. The predicted octanol–water partition coefficient (Wildman–Crippen LogP) is 5.48. The minimum atomic E-state index is -0.703. The highest BCUT2D eigenvalue weighted by Crippen LogP contribution is 2.70. The molecule has 6 rings (SSSR count). The number of hydrogen-bond donors (Lipinski definition) is 0. The van der Waals surface area contributed by atoms with Gasteiger partial charge in [0.15, 0.2) is 5.78 Å². The number of carbonyl (C=O) groups is 4. The number of ketones is 1. The Morgan fingerprint density at radius 2 is 1.78 bits per heavy atom. The zero-order chi connectivity index (χ0) is 32.3. The first-order chi connectivity index (χ1) is 21.4. The van der Waals surface area contributed by atoms with Gasteiger partial charge in [0.05, 0.1) is 12.6 Å². The second-order valence-corrected chi connectivity index (χ2v) is 14.7. The number of nitrogens with zero attached hydrogens (tertiary/aromatic N) is 3. The van der Waals surface area contributed by atoms with E-state index in [1.54, 1.807) is 0 Å². The van der Waals surface area contributed by atoms with Crippen LogP contribution in [0.1, 0.15) is 92.0 Å².